The minimum absolute atomic E-state index is 0.100. The van der Waals surface area contributed by atoms with Gasteiger partial charge in [-0.1, -0.05) is 30.3 Å². The fourth-order valence-electron chi connectivity index (χ4n) is 4.40. The third kappa shape index (κ3) is 4.82. The molecule has 4 rings (SSSR count). The van der Waals surface area contributed by atoms with Gasteiger partial charge < -0.3 is 20.3 Å². The van der Waals surface area contributed by atoms with Gasteiger partial charge >= 0.3 is 0 Å². The molecule has 1 unspecified atom stereocenters. The van der Waals surface area contributed by atoms with E-state index in [9.17, 15) is 9.59 Å². The number of hydrogen-bond donors (Lipinski definition) is 2. The summed E-state index contributed by atoms with van der Waals surface area (Å²) in [5, 5.41) is 5.88. The molecule has 2 aliphatic rings. The number of ether oxygens (including phenoxy) is 1. The highest BCUT2D eigenvalue weighted by Crippen LogP contribution is 2.27. The van der Waals surface area contributed by atoms with E-state index in [1.807, 2.05) is 24.3 Å². The van der Waals surface area contributed by atoms with Gasteiger partial charge in [0.2, 0.25) is 11.8 Å². The molecule has 2 aromatic rings. The zero-order valence-corrected chi connectivity index (χ0v) is 18.2. The number of piperazine rings is 1. The van der Waals surface area contributed by atoms with Gasteiger partial charge in [-0.3, -0.25) is 14.5 Å². The average molecular weight is 423 g/mol. The maximum absolute atomic E-state index is 12.7. The number of carbonyl (C=O) groups excluding carboxylic acids is 2. The molecule has 2 aromatic carbocycles. The maximum Gasteiger partial charge on any atom is 0.237 e. The Morgan fingerprint density at radius 1 is 1.23 bits per heavy atom. The van der Waals surface area contributed by atoms with Crippen LogP contribution in [-0.2, 0) is 29.1 Å². The monoisotopic (exact) mass is 422 g/mol. The van der Waals surface area contributed by atoms with Crippen LogP contribution in [0.3, 0.4) is 0 Å². The molecule has 0 aliphatic carbocycles. The van der Waals surface area contributed by atoms with Gasteiger partial charge in [-0.15, -0.1) is 0 Å². The fourth-order valence-corrected chi connectivity index (χ4v) is 4.40. The van der Waals surface area contributed by atoms with E-state index in [0.717, 1.165) is 29.8 Å². The molecular formula is C24H30N4O3. The fraction of sp³-hybridized carbons (Fsp3) is 0.417. The van der Waals surface area contributed by atoms with E-state index in [2.05, 4.69) is 45.7 Å². The van der Waals surface area contributed by atoms with Crippen molar-refractivity contribution >= 4 is 17.5 Å². The van der Waals surface area contributed by atoms with Crippen LogP contribution in [0.15, 0.2) is 42.5 Å². The maximum atomic E-state index is 12.7. The highest BCUT2D eigenvalue weighted by molar-refractivity contribution is 5.88. The molecule has 1 saturated heterocycles. The third-order valence-corrected chi connectivity index (χ3v) is 6.15. The van der Waals surface area contributed by atoms with E-state index < -0.39 is 6.04 Å². The number of hydrogen-bond acceptors (Lipinski definition) is 5. The lowest BCUT2D eigenvalue weighted by Crippen LogP contribution is -2.56. The minimum atomic E-state index is -0.493. The van der Waals surface area contributed by atoms with Gasteiger partial charge in [0.15, 0.2) is 0 Å². The minimum Gasteiger partial charge on any atom is -0.496 e. The van der Waals surface area contributed by atoms with Crippen molar-refractivity contribution in [1.82, 2.24) is 15.5 Å². The van der Waals surface area contributed by atoms with Crippen LogP contribution in [0.25, 0.3) is 0 Å². The van der Waals surface area contributed by atoms with Crippen LogP contribution in [0.5, 0.6) is 5.75 Å². The van der Waals surface area contributed by atoms with Crippen molar-refractivity contribution < 1.29 is 14.3 Å². The number of rotatable bonds is 7. The summed E-state index contributed by atoms with van der Waals surface area (Å²) in [5.74, 6) is 0.570. The molecule has 1 fully saturated rings. The summed E-state index contributed by atoms with van der Waals surface area (Å²) in [6.45, 7) is 3.34. The molecule has 2 aliphatic heterocycles. The summed E-state index contributed by atoms with van der Waals surface area (Å²) in [5.41, 5.74) is 4.68. The van der Waals surface area contributed by atoms with Crippen molar-refractivity contribution in [3.05, 3.63) is 59.2 Å². The van der Waals surface area contributed by atoms with E-state index in [4.69, 9.17) is 4.74 Å². The van der Waals surface area contributed by atoms with Crippen LogP contribution in [0.1, 0.15) is 23.1 Å². The Morgan fingerprint density at radius 3 is 2.90 bits per heavy atom. The summed E-state index contributed by atoms with van der Waals surface area (Å²) in [6.07, 6.45) is 1.17. The summed E-state index contributed by atoms with van der Waals surface area (Å²) < 4.78 is 5.45. The van der Waals surface area contributed by atoms with Crippen LogP contribution in [-0.4, -0.2) is 56.5 Å². The first-order valence-corrected chi connectivity index (χ1v) is 10.8. The zero-order chi connectivity index (χ0) is 21.8. The lowest BCUT2D eigenvalue weighted by Gasteiger charge is -2.35. The highest BCUT2D eigenvalue weighted by Gasteiger charge is 2.32. The van der Waals surface area contributed by atoms with Crippen LogP contribution in [0.2, 0.25) is 0 Å². The molecule has 0 aromatic heterocycles. The Hall–Kier alpha value is -3.06. The lowest BCUT2D eigenvalue weighted by molar-refractivity contribution is -0.134. The molecule has 0 radical (unpaired) electrons. The summed E-state index contributed by atoms with van der Waals surface area (Å²) in [7, 11) is 3.74. The first kappa shape index (κ1) is 21.2. The lowest BCUT2D eigenvalue weighted by atomic mass is 10.1. The Labute approximate surface area is 183 Å². The van der Waals surface area contributed by atoms with Gasteiger partial charge in [0.1, 0.15) is 5.75 Å². The zero-order valence-electron chi connectivity index (χ0n) is 18.2. The predicted molar refractivity (Wildman–Crippen MR) is 120 cm³/mol. The molecule has 0 bridgehead atoms. The number of nitrogens with one attached hydrogen (secondary N) is 2. The number of fused-ring (bicyclic) bond motifs is 1. The topological polar surface area (TPSA) is 73.9 Å². The predicted octanol–water partition coefficient (Wildman–Crippen LogP) is 1.69. The molecule has 2 N–H and O–H groups in total. The normalized spacial score (nSPS) is 18.5. The molecule has 0 spiro atoms. The summed E-state index contributed by atoms with van der Waals surface area (Å²) in [6, 6.07) is 13.6. The molecule has 7 heteroatoms. The van der Waals surface area contributed by atoms with Crippen molar-refractivity contribution in [1.29, 1.82) is 0 Å². The van der Waals surface area contributed by atoms with Crippen molar-refractivity contribution in [3.63, 3.8) is 0 Å². The van der Waals surface area contributed by atoms with Gasteiger partial charge in [-0.05, 0) is 29.7 Å². The summed E-state index contributed by atoms with van der Waals surface area (Å²) >= 11 is 0. The van der Waals surface area contributed by atoms with Crippen molar-refractivity contribution in [2.75, 3.05) is 38.7 Å². The Balaban J connectivity index is 1.37. The van der Waals surface area contributed by atoms with Crippen LogP contribution in [0, 0.1) is 0 Å². The van der Waals surface area contributed by atoms with Crippen LogP contribution in [0.4, 0.5) is 5.69 Å². The SMILES string of the molecule is COc1ccccc1CN1CCNC(=O)C1CC(=O)NCc1ccc2c(c1)CCN2C. The number of likely N-dealkylation sites (N-methyl/N-ethyl adjacent to an activating group) is 1. The highest BCUT2D eigenvalue weighted by atomic mass is 16.5. The number of para-hydroxylation sites is 1. The van der Waals surface area contributed by atoms with Gasteiger partial charge in [0.25, 0.3) is 0 Å². The number of carbonyl (C=O) groups is 2. The quantitative estimate of drug-likeness (QED) is 0.711. The second kappa shape index (κ2) is 9.39. The number of amides is 2. The van der Waals surface area contributed by atoms with E-state index in [-0.39, 0.29) is 18.2 Å². The van der Waals surface area contributed by atoms with Gasteiger partial charge in [-0.25, -0.2) is 0 Å². The smallest absolute Gasteiger partial charge is 0.237 e. The van der Waals surface area contributed by atoms with Crippen LogP contribution >= 0.6 is 0 Å². The van der Waals surface area contributed by atoms with E-state index in [0.29, 0.717) is 26.2 Å². The standard InChI is InChI=1S/C24H30N4O3/c1-27-11-9-18-13-17(7-8-20(18)27)15-26-23(29)14-21-24(30)25-10-12-28(21)16-19-5-3-4-6-22(19)31-2/h3-8,13,21H,9-12,14-16H2,1-2H3,(H,25,30)(H,26,29). The molecule has 2 heterocycles. The van der Waals surface area contributed by atoms with Gasteiger partial charge in [0, 0.05) is 51.0 Å². The summed E-state index contributed by atoms with van der Waals surface area (Å²) in [4.78, 5) is 29.5. The largest absolute Gasteiger partial charge is 0.496 e. The molecule has 2 amide bonds. The van der Waals surface area contributed by atoms with Gasteiger partial charge in [-0.2, -0.15) is 0 Å². The van der Waals surface area contributed by atoms with Crippen molar-refractivity contribution in [2.24, 2.45) is 0 Å². The molecule has 164 valence electrons. The number of anilines is 1. The Morgan fingerprint density at radius 2 is 2.06 bits per heavy atom. The first-order chi connectivity index (χ1) is 15.0. The molecular weight excluding hydrogens is 392 g/mol. The molecule has 31 heavy (non-hydrogen) atoms. The van der Waals surface area contributed by atoms with Crippen LogP contribution < -0.4 is 20.3 Å². The van der Waals surface area contributed by atoms with E-state index in [1.54, 1.807) is 7.11 Å². The molecule has 0 saturated carbocycles. The third-order valence-electron chi connectivity index (χ3n) is 6.15. The van der Waals surface area contributed by atoms with Crippen molar-refractivity contribution in [3.8, 4) is 5.75 Å². The second-order valence-corrected chi connectivity index (χ2v) is 8.20. The van der Waals surface area contributed by atoms with E-state index in [1.165, 1.54) is 11.3 Å². The Bertz CT molecular complexity index is 962. The second-order valence-electron chi connectivity index (χ2n) is 8.20. The molecule has 1 atom stereocenters. The number of methoxy groups -OCH3 is 1. The first-order valence-electron chi connectivity index (χ1n) is 10.8. The van der Waals surface area contributed by atoms with Gasteiger partial charge in [0.05, 0.1) is 19.6 Å². The number of benzene rings is 2. The number of nitrogens with zero attached hydrogens (tertiary/aromatic N) is 2. The van der Waals surface area contributed by atoms with E-state index >= 15 is 0 Å². The Kier molecular flexibility index (Phi) is 6.42. The average Bonchev–Trinajstić information content (AvgIpc) is 3.15. The molecule has 7 nitrogen and oxygen atoms in total. The van der Waals surface area contributed by atoms with Crippen molar-refractivity contribution in [2.45, 2.75) is 32.0 Å².